The van der Waals surface area contributed by atoms with Crippen molar-refractivity contribution < 1.29 is 0 Å². The Kier molecular flexibility index (Phi) is 25.8. The summed E-state index contributed by atoms with van der Waals surface area (Å²) in [5, 5.41) is 0. The summed E-state index contributed by atoms with van der Waals surface area (Å²) >= 11 is 0. The first-order valence-corrected chi connectivity index (χ1v) is 34.9. The van der Waals surface area contributed by atoms with Crippen LogP contribution in [0.25, 0.3) is 57.5 Å². The van der Waals surface area contributed by atoms with Crippen molar-refractivity contribution in [3.63, 3.8) is 0 Å². The molecule has 5 heterocycles. The monoisotopic (exact) mass is 1030 g/mol. The van der Waals surface area contributed by atoms with E-state index in [1.807, 2.05) is 0 Å². The second-order valence-corrected chi connectivity index (χ2v) is 28.6. The number of aromatic amines is 2. The average molecular weight is 1030 g/mol. The Morgan fingerprint density at radius 2 is 0.680 bits per heavy atom. The molecule has 2 aliphatic heterocycles. The lowest BCUT2D eigenvalue weighted by Gasteiger charge is -2.20. The first-order chi connectivity index (χ1) is 36.6. The molecule has 4 nitrogen and oxygen atoms in total. The van der Waals surface area contributed by atoms with Crippen LogP contribution in [0.4, 0.5) is 0 Å². The van der Waals surface area contributed by atoms with Gasteiger partial charge in [-0.25, -0.2) is 9.97 Å². The lowest BCUT2D eigenvalue weighted by Crippen LogP contribution is -2.16. The normalized spacial score (nSPS) is 12.5. The maximum absolute atomic E-state index is 5.93. The molecule has 6 rings (SSSR count). The summed E-state index contributed by atoms with van der Waals surface area (Å²) < 4.78 is 0. The van der Waals surface area contributed by atoms with Crippen LogP contribution in [0.2, 0.25) is 19.6 Å². The molecule has 0 amide bonds. The topological polar surface area (TPSA) is 57.4 Å². The van der Waals surface area contributed by atoms with Gasteiger partial charge in [0.1, 0.15) is 8.07 Å². The number of hydrogen-bond donors (Lipinski definition) is 2. The zero-order valence-electron chi connectivity index (χ0n) is 49.3. The van der Waals surface area contributed by atoms with E-state index < -0.39 is 8.07 Å². The van der Waals surface area contributed by atoms with Crippen molar-refractivity contribution in [1.82, 2.24) is 19.9 Å². The summed E-state index contributed by atoms with van der Waals surface area (Å²) in [7, 11) is -1.53. The molecule has 0 unspecified atom stereocenters. The van der Waals surface area contributed by atoms with E-state index in [1.54, 1.807) is 0 Å². The Labute approximate surface area is 459 Å². The lowest BCUT2D eigenvalue weighted by molar-refractivity contribution is 0.493. The van der Waals surface area contributed by atoms with Crippen molar-refractivity contribution >= 4 is 54.4 Å². The van der Waals surface area contributed by atoms with Crippen LogP contribution < -0.4 is 0 Å². The molecule has 0 atom stereocenters. The zero-order valence-corrected chi connectivity index (χ0v) is 50.3. The minimum absolute atomic E-state index is 0.409. The number of nitrogens with zero attached hydrogens (tertiary/aromatic N) is 2. The fourth-order valence-electron chi connectivity index (χ4n) is 12.0. The summed E-state index contributed by atoms with van der Waals surface area (Å²) in [5.41, 5.74) is 20.6. The standard InChI is InChI=1S/C70H104N4Si/c1-10-16-22-28-34-55(35-29-23-17-11-2)67-59-44-46-61(71-59)68(56(36-30-24-18-12-3)37-31-25-19-13-4)63-48-50-65(73-63)70(58-42-40-54(41-43-58)52-53-75(7,8)9)66-51-49-64(74-66)69(62-47-45-60(67)72-62)57(38-32-26-20-14-5)39-33-27-21-15-6/h40-51,55-57,73-74H,10-39H2,1-9H3. The summed E-state index contributed by atoms with van der Waals surface area (Å²) in [4.78, 5) is 20.2. The summed E-state index contributed by atoms with van der Waals surface area (Å²) in [6.07, 6.45) is 47.3. The molecular formula is C70H104N4Si. The Morgan fingerprint density at radius 3 is 1.00 bits per heavy atom. The van der Waals surface area contributed by atoms with E-state index in [1.165, 1.54) is 231 Å². The first-order valence-electron chi connectivity index (χ1n) is 31.4. The van der Waals surface area contributed by atoms with Crippen LogP contribution >= 0.6 is 0 Å². The zero-order chi connectivity index (χ0) is 53.3. The third-order valence-electron chi connectivity index (χ3n) is 16.3. The van der Waals surface area contributed by atoms with Crippen molar-refractivity contribution in [3.05, 3.63) is 93.6 Å². The molecule has 2 N–H and O–H groups in total. The van der Waals surface area contributed by atoms with E-state index in [0.29, 0.717) is 17.8 Å². The van der Waals surface area contributed by atoms with E-state index in [9.17, 15) is 0 Å². The number of hydrogen-bond acceptors (Lipinski definition) is 2. The second kappa shape index (κ2) is 32.4. The molecule has 0 radical (unpaired) electrons. The maximum Gasteiger partial charge on any atom is 0.129 e. The molecule has 0 saturated carbocycles. The minimum Gasteiger partial charge on any atom is -0.355 e. The molecular weight excluding hydrogens is 925 g/mol. The van der Waals surface area contributed by atoms with E-state index in [2.05, 4.69) is 155 Å². The average Bonchev–Trinajstić information content (AvgIpc) is 4.27. The highest BCUT2D eigenvalue weighted by molar-refractivity contribution is 6.83. The van der Waals surface area contributed by atoms with E-state index in [0.717, 1.165) is 39.4 Å². The smallest absolute Gasteiger partial charge is 0.129 e. The highest BCUT2D eigenvalue weighted by atomic mass is 28.3. The number of nitrogens with one attached hydrogen (secondary N) is 2. The van der Waals surface area contributed by atoms with E-state index >= 15 is 0 Å². The third-order valence-corrected chi connectivity index (χ3v) is 17.2. The highest BCUT2D eigenvalue weighted by Gasteiger charge is 2.26. The predicted molar refractivity (Wildman–Crippen MR) is 335 cm³/mol. The van der Waals surface area contributed by atoms with Gasteiger partial charge in [-0.2, -0.15) is 0 Å². The highest BCUT2D eigenvalue weighted by Crippen LogP contribution is 2.42. The van der Waals surface area contributed by atoms with Crippen LogP contribution in [0.15, 0.2) is 48.5 Å². The Balaban J connectivity index is 1.74. The van der Waals surface area contributed by atoms with E-state index in [4.69, 9.17) is 9.97 Å². The molecule has 5 heteroatoms. The molecule has 2 aliphatic rings. The number of H-pyrrole nitrogens is 2. The Bertz CT molecular complexity index is 2440. The van der Waals surface area contributed by atoms with Crippen molar-refractivity contribution in [2.75, 3.05) is 0 Å². The quantitative estimate of drug-likeness (QED) is 0.0240. The van der Waals surface area contributed by atoms with Gasteiger partial charge in [0.2, 0.25) is 0 Å². The number of benzene rings is 1. The van der Waals surface area contributed by atoms with Gasteiger partial charge in [-0.3, -0.25) is 0 Å². The number of aromatic nitrogens is 4. The second-order valence-electron chi connectivity index (χ2n) is 23.9. The van der Waals surface area contributed by atoms with Crippen molar-refractivity contribution in [2.45, 2.75) is 272 Å². The van der Waals surface area contributed by atoms with Gasteiger partial charge in [0, 0.05) is 49.9 Å². The Morgan fingerprint density at radius 1 is 0.373 bits per heavy atom. The lowest BCUT2D eigenvalue weighted by atomic mass is 9.86. The van der Waals surface area contributed by atoms with Crippen LogP contribution in [0.3, 0.4) is 0 Å². The molecule has 0 saturated heterocycles. The fraction of sp³-hybridized carbons (Fsp3) is 0.600. The molecule has 408 valence electrons. The molecule has 1 aromatic carbocycles. The van der Waals surface area contributed by atoms with Crippen molar-refractivity contribution in [1.29, 1.82) is 0 Å². The van der Waals surface area contributed by atoms with Crippen molar-refractivity contribution in [3.8, 4) is 22.6 Å². The van der Waals surface area contributed by atoms with E-state index in [-0.39, 0.29) is 0 Å². The van der Waals surface area contributed by atoms with Gasteiger partial charge in [0.05, 0.1) is 22.8 Å². The number of rotatable bonds is 34. The largest absolute Gasteiger partial charge is 0.355 e. The van der Waals surface area contributed by atoms with Gasteiger partial charge in [0.25, 0.3) is 0 Å². The Hall–Kier alpha value is -4.40. The van der Waals surface area contributed by atoms with Gasteiger partial charge in [-0.15, -0.1) is 5.54 Å². The van der Waals surface area contributed by atoms with Crippen LogP contribution in [0.1, 0.15) is 297 Å². The summed E-state index contributed by atoms with van der Waals surface area (Å²) in [5.74, 6) is 4.76. The fourth-order valence-corrected chi connectivity index (χ4v) is 12.6. The summed E-state index contributed by atoms with van der Waals surface area (Å²) in [6.45, 7) is 21.0. The molecule has 8 bridgehead atoms. The SMILES string of the molecule is CCCCCCC(CCCCCC)c1c2nc(c(C(CCCCCC)CCCCCC)c3ccc([nH]3)c(-c3ccc(C#C[Si](C)(C)C)cc3)c3ccc([nH]3)c(C(CCCCCC)CCCCCC)c3nc1C=C3)C=C2. The number of fused-ring (bicyclic) bond motifs is 8. The third kappa shape index (κ3) is 18.4. The molecule has 0 fully saturated rings. The van der Waals surface area contributed by atoms with Crippen LogP contribution in [-0.4, -0.2) is 28.0 Å². The number of unbranched alkanes of at least 4 members (excludes halogenated alkanes) is 18. The predicted octanol–water partition coefficient (Wildman–Crippen LogP) is 22.6. The van der Waals surface area contributed by atoms with Crippen molar-refractivity contribution in [2.24, 2.45) is 0 Å². The maximum atomic E-state index is 5.93. The molecule has 75 heavy (non-hydrogen) atoms. The summed E-state index contributed by atoms with van der Waals surface area (Å²) in [6, 6.07) is 18.6. The van der Waals surface area contributed by atoms with Gasteiger partial charge < -0.3 is 9.97 Å². The molecule has 4 aromatic rings. The van der Waals surface area contributed by atoms with Gasteiger partial charge >= 0.3 is 0 Å². The molecule has 3 aromatic heterocycles. The minimum atomic E-state index is -1.53. The van der Waals surface area contributed by atoms with Gasteiger partial charge in [-0.05, 0) is 123 Å². The van der Waals surface area contributed by atoms with Crippen LogP contribution in [-0.2, 0) is 0 Å². The van der Waals surface area contributed by atoms with Gasteiger partial charge in [-0.1, -0.05) is 233 Å². The molecule has 0 aliphatic carbocycles. The first kappa shape index (κ1) is 59.8. The molecule has 0 spiro atoms. The van der Waals surface area contributed by atoms with Crippen LogP contribution in [0, 0.1) is 11.5 Å². The van der Waals surface area contributed by atoms with Crippen LogP contribution in [0.5, 0.6) is 0 Å². The van der Waals surface area contributed by atoms with Gasteiger partial charge in [0.15, 0.2) is 0 Å².